The first-order chi connectivity index (χ1) is 14.2. The lowest BCUT2D eigenvalue weighted by Gasteiger charge is -2.28. The van der Waals surface area contributed by atoms with Crippen molar-refractivity contribution in [1.82, 2.24) is 10.2 Å². The summed E-state index contributed by atoms with van der Waals surface area (Å²) < 4.78 is 0. The normalized spacial score (nSPS) is 12.6. The highest BCUT2D eigenvalue weighted by molar-refractivity contribution is 5.99. The number of likely N-dealkylation sites (N-methyl/N-ethyl adjacent to an activating group) is 1. The lowest BCUT2D eigenvalue weighted by Crippen LogP contribution is -2.52. The van der Waals surface area contributed by atoms with Gasteiger partial charge in [0.05, 0.1) is 6.54 Å². The van der Waals surface area contributed by atoms with Crippen molar-refractivity contribution in [2.75, 3.05) is 18.9 Å². The van der Waals surface area contributed by atoms with Gasteiger partial charge in [0.1, 0.15) is 6.04 Å². The van der Waals surface area contributed by atoms with Crippen molar-refractivity contribution < 1.29 is 14.4 Å². The van der Waals surface area contributed by atoms with Crippen LogP contribution >= 0.6 is 0 Å². The first kappa shape index (κ1) is 23.1. The number of carbonyl (C=O) groups is 3. The number of rotatable bonds is 8. The lowest BCUT2D eigenvalue weighted by molar-refractivity contribution is -0.136. The number of aryl methyl sites for hydroxylation is 1. The Morgan fingerprint density at radius 1 is 1.00 bits per heavy atom. The van der Waals surface area contributed by atoms with Crippen LogP contribution in [-0.2, 0) is 9.59 Å². The van der Waals surface area contributed by atoms with E-state index >= 15 is 0 Å². The van der Waals surface area contributed by atoms with Gasteiger partial charge in [0.2, 0.25) is 11.8 Å². The SMILES string of the molecule is CCC(C)C(NC(=O)c1ccccc1)C(=O)N(C)CC(=O)Nc1cccc(C)c1C. The van der Waals surface area contributed by atoms with E-state index in [0.29, 0.717) is 12.0 Å². The van der Waals surface area contributed by atoms with Crippen molar-refractivity contribution in [3.8, 4) is 0 Å². The predicted molar refractivity (Wildman–Crippen MR) is 119 cm³/mol. The molecule has 2 rings (SSSR count). The van der Waals surface area contributed by atoms with E-state index in [2.05, 4.69) is 10.6 Å². The standard InChI is InChI=1S/C24H31N3O3/c1-6-16(2)22(26-23(29)19-12-8-7-9-13-19)24(30)27(5)15-21(28)25-20-14-10-11-17(3)18(20)4/h7-14,16,22H,6,15H2,1-5H3,(H,25,28)(H,26,29). The molecule has 2 unspecified atom stereocenters. The summed E-state index contributed by atoms with van der Waals surface area (Å²) in [5.74, 6) is -0.946. The van der Waals surface area contributed by atoms with Crippen molar-refractivity contribution in [3.05, 3.63) is 65.2 Å². The van der Waals surface area contributed by atoms with Crippen molar-refractivity contribution >= 4 is 23.4 Å². The highest BCUT2D eigenvalue weighted by Crippen LogP contribution is 2.18. The fourth-order valence-corrected chi connectivity index (χ4v) is 3.10. The summed E-state index contributed by atoms with van der Waals surface area (Å²) in [5, 5.41) is 5.71. The average molecular weight is 410 g/mol. The molecule has 0 saturated heterocycles. The minimum atomic E-state index is -0.707. The molecule has 0 heterocycles. The zero-order chi connectivity index (χ0) is 22.3. The maximum atomic E-state index is 13.1. The minimum absolute atomic E-state index is 0.0744. The molecule has 0 radical (unpaired) electrons. The van der Waals surface area contributed by atoms with Crippen molar-refractivity contribution in [2.45, 2.75) is 40.2 Å². The molecule has 0 spiro atoms. The number of nitrogens with zero attached hydrogens (tertiary/aromatic N) is 1. The predicted octanol–water partition coefficient (Wildman–Crippen LogP) is 3.55. The quantitative estimate of drug-likeness (QED) is 0.700. The smallest absolute Gasteiger partial charge is 0.251 e. The molecule has 3 amide bonds. The fourth-order valence-electron chi connectivity index (χ4n) is 3.10. The van der Waals surface area contributed by atoms with E-state index in [4.69, 9.17) is 0 Å². The Labute approximate surface area is 178 Å². The maximum Gasteiger partial charge on any atom is 0.251 e. The molecule has 0 bridgehead atoms. The van der Waals surface area contributed by atoms with Gasteiger partial charge in [0.25, 0.3) is 5.91 Å². The van der Waals surface area contributed by atoms with Gasteiger partial charge in [-0.3, -0.25) is 14.4 Å². The molecule has 2 atom stereocenters. The number of hydrogen-bond acceptors (Lipinski definition) is 3. The van der Waals surface area contributed by atoms with Crippen LogP contribution in [0, 0.1) is 19.8 Å². The van der Waals surface area contributed by atoms with Gasteiger partial charge in [-0.05, 0) is 49.1 Å². The molecule has 2 aromatic rings. The Hall–Kier alpha value is -3.15. The third-order valence-electron chi connectivity index (χ3n) is 5.44. The van der Waals surface area contributed by atoms with Gasteiger partial charge < -0.3 is 15.5 Å². The van der Waals surface area contributed by atoms with Gasteiger partial charge in [-0.2, -0.15) is 0 Å². The summed E-state index contributed by atoms with van der Waals surface area (Å²) in [7, 11) is 1.58. The van der Waals surface area contributed by atoms with E-state index in [1.165, 1.54) is 4.90 Å². The van der Waals surface area contributed by atoms with Gasteiger partial charge in [-0.15, -0.1) is 0 Å². The van der Waals surface area contributed by atoms with Crippen molar-refractivity contribution in [3.63, 3.8) is 0 Å². The molecule has 160 valence electrons. The summed E-state index contributed by atoms with van der Waals surface area (Å²) in [5.41, 5.74) is 3.30. The topological polar surface area (TPSA) is 78.5 Å². The second-order valence-electron chi connectivity index (χ2n) is 7.69. The second-order valence-corrected chi connectivity index (χ2v) is 7.69. The van der Waals surface area contributed by atoms with Crippen LogP contribution in [0.2, 0.25) is 0 Å². The molecular weight excluding hydrogens is 378 g/mol. The molecule has 2 aromatic carbocycles. The Balaban J connectivity index is 2.06. The van der Waals surface area contributed by atoms with Crippen LogP contribution in [0.1, 0.15) is 41.8 Å². The molecule has 0 aromatic heterocycles. The lowest BCUT2D eigenvalue weighted by atomic mass is 9.97. The summed E-state index contributed by atoms with van der Waals surface area (Å²) in [6.45, 7) is 7.70. The van der Waals surface area contributed by atoms with Crippen LogP contribution in [-0.4, -0.2) is 42.3 Å². The van der Waals surface area contributed by atoms with Gasteiger partial charge in [0, 0.05) is 18.3 Å². The zero-order valence-electron chi connectivity index (χ0n) is 18.4. The van der Waals surface area contributed by atoms with Crippen LogP contribution < -0.4 is 10.6 Å². The molecular formula is C24H31N3O3. The molecule has 6 heteroatoms. The Morgan fingerprint density at radius 2 is 1.67 bits per heavy atom. The van der Waals surface area contributed by atoms with Gasteiger partial charge in [-0.1, -0.05) is 50.6 Å². The van der Waals surface area contributed by atoms with Crippen LogP contribution in [0.15, 0.2) is 48.5 Å². The molecule has 0 saturated carbocycles. The van der Waals surface area contributed by atoms with E-state index < -0.39 is 6.04 Å². The first-order valence-electron chi connectivity index (χ1n) is 10.2. The van der Waals surface area contributed by atoms with Gasteiger partial charge >= 0.3 is 0 Å². The Bertz CT molecular complexity index is 896. The van der Waals surface area contributed by atoms with E-state index in [1.54, 1.807) is 31.3 Å². The Morgan fingerprint density at radius 3 is 2.30 bits per heavy atom. The number of anilines is 1. The minimum Gasteiger partial charge on any atom is -0.340 e. The van der Waals surface area contributed by atoms with E-state index in [1.807, 2.05) is 52.0 Å². The highest BCUT2D eigenvalue weighted by atomic mass is 16.2. The average Bonchev–Trinajstić information content (AvgIpc) is 2.74. The number of benzene rings is 2. The van der Waals surface area contributed by atoms with Gasteiger partial charge in [0.15, 0.2) is 0 Å². The summed E-state index contributed by atoms with van der Waals surface area (Å²) in [6.07, 6.45) is 0.716. The van der Waals surface area contributed by atoms with E-state index in [-0.39, 0.29) is 30.2 Å². The molecule has 30 heavy (non-hydrogen) atoms. The van der Waals surface area contributed by atoms with Crippen LogP contribution in [0.3, 0.4) is 0 Å². The number of nitrogens with one attached hydrogen (secondary N) is 2. The zero-order valence-corrected chi connectivity index (χ0v) is 18.4. The molecule has 0 aliphatic rings. The monoisotopic (exact) mass is 409 g/mol. The fraction of sp³-hybridized carbons (Fsp3) is 0.375. The highest BCUT2D eigenvalue weighted by Gasteiger charge is 2.29. The molecule has 0 aliphatic heterocycles. The van der Waals surface area contributed by atoms with E-state index in [0.717, 1.165) is 16.8 Å². The number of amides is 3. The Kier molecular flexibility index (Phi) is 8.16. The largest absolute Gasteiger partial charge is 0.340 e. The molecule has 0 fully saturated rings. The third kappa shape index (κ3) is 5.92. The number of hydrogen-bond donors (Lipinski definition) is 2. The third-order valence-corrected chi connectivity index (χ3v) is 5.44. The first-order valence-corrected chi connectivity index (χ1v) is 10.2. The number of carbonyl (C=O) groups excluding carboxylic acids is 3. The molecule has 6 nitrogen and oxygen atoms in total. The molecule has 0 aliphatic carbocycles. The van der Waals surface area contributed by atoms with Gasteiger partial charge in [-0.25, -0.2) is 0 Å². The van der Waals surface area contributed by atoms with Crippen LogP contribution in [0.5, 0.6) is 0 Å². The molecule has 2 N–H and O–H groups in total. The van der Waals surface area contributed by atoms with E-state index in [9.17, 15) is 14.4 Å². The van der Waals surface area contributed by atoms with Crippen LogP contribution in [0.25, 0.3) is 0 Å². The van der Waals surface area contributed by atoms with Crippen LogP contribution in [0.4, 0.5) is 5.69 Å². The summed E-state index contributed by atoms with van der Waals surface area (Å²) >= 11 is 0. The second kappa shape index (κ2) is 10.6. The van der Waals surface area contributed by atoms with Crippen molar-refractivity contribution in [1.29, 1.82) is 0 Å². The summed E-state index contributed by atoms with van der Waals surface area (Å²) in [4.78, 5) is 39.5. The maximum absolute atomic E-state index is 13.1. The van der Waals surface area contributed by atoms with Crippen molar-refractivity contribution in [2.24, 2.45) is 5.92 Å². The summed E-state index contributed by atoms with van der Waals surface area (Å²) in [6, 6.07) is 13.8.